The molecule has 0 aliphatic heterocycles. The first kappa shape index (κ1) is 36.8. The van der Waals surface area contributed by atoms with Crippen LogP contribution in [0, 0.1) is 0 Å². The molecule has 0 radical (unpaired) electrons. The number of rotatable bonds is 15. The van der Waals surface area contributed by atoms with Gasteiger partial charge in [0.05, 0.1) is 0 Å². The van der Waals surface area contributed by atoms with Crippen LogP contribution in [0.5, 0.6) is 0 Å². The SMILES string of the molecule is Nc1cccc(B(O)O)c1.[N-]=[N+]=NCCCCCC(=O)Nc1cccc(B(O)O)c1.[N-]=[N+]=NCCCCCC(=O)O. The summed E-state index contributed by atoms with van der Waals surface area (Å²) in [6.07, 6.45) is 5.14. The average molecular weight is 570 g/mol. The Balaban J connectivity index is 0.000000643. The third-order valence-electron chi connectivity index (χ3n) is 5.11. The highest BCUT2D eigenvalue weighted by Gasteiger charge is 2.11. The molecule has 2 aromatic carbocycles. The van der Waals surface area contributed by atoms with E-state index in [9.17, 15) is 9.59 Å². The number of carboxylic acid groups (broad SMARTS) is 1. The zero-order valence-corrected chi connectivity index (χ0v) is 22.7. The second-order valence-corrected chi connectivity index (χ2v) is 8.52. The number of amides is 1. The van der Waals surface area contributed by atoms with E-state index in [0.29, 0.717) is 48.2 Å². The maximum Gasteiger partial charge on any atom is 0.488 e. The van der Waals surface area contributed by atoms with Crippen molar-refractivity contribution in [1.29, 1.82) is 0 Å². The summed E-state index contributed by atoms with van der Waals surface area (Å²) >= 11 is 0. The van der Waals surface area contributed by atoms with E-state index < -0.39 is 20.2 Å². The van der Waals surface area contributed by atoms with Gasteiger partial charge in [0.1, 0.15) is 0 Å². The minimum Gasteiger partial charge on any atom is -0.481 e. The number of anilines is 2. The molecule has 15 nitrogen and oxygen atoms in total. The Hall–Kier alpha value is -4.23. The standard InChI is InChI=1S/C12H17BN4O3.C6H8BNO2.C6H11N3O2/c14-17-15-8-3-1-2-7-12(18)16-11-6-4-5-10(9-11)13(19)20;8-6-3-1-2-5(4-6)7(9)10;7-9-8-5-3-1-2-4-6(10)11/h4-6,9,19-20H,1-3,7-8H2,(H,16,18);1-4,9-10H,8H2;1-5H2,(H,10,11). The summed E-state index contributed by atoms with van der Waals surface area (Å²) in [4.78, 5) is 26.9. The number of nitrogens with two attached hydrogens (primary N) is 1. The lowest BCUT2D eigenvalue weighted by Crippen LogP contribution is -2.30. The van der Waals surface area contributed by atoms with Crippen LogP contribution >= 0.6 is 0 Å². The molecule has 8 N–H and O–H groups in total. The van der Waals surface area contributed by atoms with Crippen molar-refractivity contribution in [2.45, 2.75) is 51.4 Å². The van der Waals surface area contributed by atoms with Crippen molar-refractivity contribution in [2.75, 3.05) is 24.1 Å². The molecule has 0 saturated carbocycles. The van der Waals surface area contributed by atoms with Gasteiger partial charge in [0.15, 0.2) is 0 Å². The highest BCUT2D eigenvalue weighted by atomic mass is 16.4. The van der Waals surface area contributed by atoms with Gasteiger partial charge in [0.2, 0.25) is 5.91 Å². The first-order chi connectivity index (χ1) is 19.6. The summed E-state index contributed by atoms with van der Waals surface area (Å²) in [6, 6.07) is 12.9. The number of hydrogen-bond donors (Lipinski definition) is 7. The maximum absolute atomic E-state index is 11.7. The molecule has 0 fully saturated rings. The van der Waals surface area contributed by atoms with Crippen molar-refractivity contribution in [3.8, 4) is 0 Å². The molecule has 0 aromatic heterocycles. The van der Waals surface area contributed by atoms with Gasteiger partial charge < -0.3 is 36.3 Å². The van der Waals surface area contributed by atoms with Crippen LogP contribution in [0.4, 0.5) is 11.4 Å². The minimum absolute atomic E-state index is 0.127. The van der Waals surface area contributed by atoms with Crippen molar-refractivity contribution in [3.05, 3.63) is 69.4 Å². The summed E-state index contributed by atoms with van der Waals surface area (Å²) < 4.78 is 0. The van der Waals surface area contributed by atoms with Gasteiger partial charge in [0, 0.05) is 47.1 Å². The van der Waals surface area contributed by atoms with Crippen molar-refractivity contribution in [2.24, 2.45) is 10.2 Å². The first-order valence-electron chi connectivity index (χ1n) is 12.8. The van der Waals surface area contributed by atoms with Crippen LogP contribution in [0.2, 0.25) is 0 Å². The number of benzene rings is 2. The van der Waals surface area contributed by atoms with Gasteiger partial charge in [0.25, 0.3) is 0 Å². The quantitative estimate of drug-likeness (QED) is 0.0415. The fourth-order valence-corrected chi connectivity index (χ4v) is 3.09. The number of carbonyl (C=O) groups excluding carboxylic acids is 1. The van der Waals surface area contributed by atoms with Gasteiger partial charge in [-0.1, -0.05) is 47.3 Å². The molecule has 0 saturated heterocycles. The molecule has 0 bridgehead atoms. The van der Waals surface area contributed by atoms with Crippen molar-refractivity contribution >= 4 is 48.4 Å². The van der Waals surface area contributed by atoms with Gasteiger partial charge >= 0.3 is 20.2 Å². The Labute approximate surface area is 238 Å². The van der Waals surface area contributed by atoms with Crippen LogP contribution in [0.15, 0.2) is 58.8 Å². The normalized spacial score (nSPS) is 9.37. The third kappa shape index (κ3) is 21.3. The number of nitrogens with zero attached hydrogens (tertiary/aromatic N) is 6. The summed E-state index contributed by atoms with van der Waals surface area (Å²) in [5.41, 5.74) is 23.2. The number of aliphatic carboxylic acids is 1. The van der Waals surface area contributed by atoms with Gasteiger partial charge in [-0.05, 0) is 71.9 Å². The number of azide groups is 2. The van der Waals surface area contributed by atoms with Gasteiger partial charge in [-0.15, -0.1) is 0 Å². The lowest BCUT2D eigenvalue weighted by molar-refractivity contribution is -0.137. The first-order valence-corrected chi connectivity index (χ1v) is 12.8. The molecule has 0 aliphatic carbocycles. The Bertz CT molecular complexity index is 1140. The lowest BCUT2D eigenvalue weighted by atomic mass is 9.80. The molecule has 17 heteroatoms. The van der Waals surface area contributed by atoms with Crippen molar-refractivity contribution in [3.63, 3.8) is 0 Å². The number of nitrogen functional groups attached to an aromatic ring is 1. The molecule has 0 atom stereocenters. The topological polar surface area (TPSA) is 271 Å². The molecule has 0 spiro atoms. The van der Waals surface area contributed by atoms with Crippen LogP contribution in [0.1, 0.15) is 51.4 Å². The second-order valence-electron chi connectivity index (χ2n) is 8.52. The van der Waals surface area contributed by atoms with Crippen LogP contribution in [-0.2, 0) is 9.59 Å². The number of unbranched alkanes of at least 4 members (excludes halogenated alkanes) is 4. The zero-order chi connectivity index (χ0) is 30.9. The van der Waals surface area contributed by atoms with E-state index in [1.54, 1.807) is 36.4 Å². The van der Waals surface area contributed by atoms with E-state index in [1.165, 1.54) is 12.1 Å². The number of nitrogens with one attached hydrogen (secondary N) is 1. The molecular weight excluding hydrogens is 534 g/mol. The predicted octanol–water partition coefficient (Wildman–Crippen LogP) is 2.07. The molecule has 2 rings (SSSR count). The van der Waals surface area contributed by atoms with E-state index in [-0.39, 0.29) is 12.3 Å². The molecule has 41 heavy (non-hydrogen) atoms. The molecule has 2 aromatic rings. The van der Waals surface area contributed by atoms with Gasteiger partial charge in [-0.3, -0.25) is 9.59 Å². The van der Waals surface area contributed by atoms with Crippen LogP contribution in [0.3, 0.4) is 0 Å². The fourth-order valence-electron chi connectivity index (χ4n) is 3.09. The van der Waals surface area contributed by atoms with E-state index in [1.807, 2.05) is 0 Å². The van der Waals surface area contributed by atoms with Crippen LogP contribution in [0.25, 0.3) is 20.9 Å². The molecule has 0 heterocycles. The predicted molar refractivity (Wildman–Crippen MR) is 158 cm³/mol. The third-order valence-corrected chi connectivity index (χ3v) is 5.11. The van der Waals surface area contributed by atoms with Crippen molar-refractivity contribution < 1.29 is 34.8 Å². The fraction of sp³-hybridized carbons (Fsp3) is 0.417. The number of carboxylic acids is 1. The number of hydrogen-bond acceptors (Lipinski definition) is 9. The van der Waals surface area contributed by atoms with E-state index in [2.05, 4.69) is 25.4 Å². The molecule has 220 valence electrons. The van der Waals surface area contributed by atoms with E-state index in [4.69, 9.17) is 42.0 Å². The molecular formula is C24H36B2N8O7. The molecule has 1 amide bonds. The van der Waals surface area contributed by atoms with Crippen LogP contribution in [-0.4, -0.2) is 64.4 Å². The largest absolute Gasteiger partial charge is 0.488 e. The summed E-state index contributed by atoms with van der Waals surface area (Å²) in [5.74, 6) is -0.896. The van der Waals surface area contributed by atoms with Gasteiger partial charge in [-0.25, -0.2) is 0 Å². The van der Waals surface area contributed by atoms with E-state index in [0.717, 1.165) is 32.1 Å². The Morgan fingerprint density at radius 1 is 0.780 bits per heavy atom. The van der Waals surface area contributed by atoms with Crippen molar-refractivity contribution in [1.82, 2.24) is 0 Å². The Morgan fingerprint density at radius 2 is 1.29 bits per heavy atom. The smallest absolute Gasteiger partial charge is 0.481 e. The minimum atomic E-state index is -1.55. The zero-order valence-electron chi connectivity index (χ0n) is 22.7. The number of carbonyl (C=O) groups is 2. The van der Waals surface area contributed by atoms with E-state index >= 15 is 0 Å². The monoisotopic (exact) mass is 570 g/mol. The Morgan fingerprint density at radius 3 is 1.76 bits per heavy atom. The second kappa shape index (κ2) is 23.6. The summed E-state index contributed by atoms with van der Waals surface area (Å²) in [5, 5.41) is 53.0. The Kier molecular flexibility index (Phi) is 21.2. The van der Waals surface area contributed by atoms with Crippen LogP contribution < -0.4 is 22.0 Å². The summed E-state index contributed by atoms with van der Waals surface area (Å²) in [7, 11) is -2.98. The molecule has 0 unspecified atom stereocenters. The lowest BCUT2D eigenvalue weighted by Gasteiger charge is -2.07. The average Bonchev–Trinajstić information content (AvgIpc) is 2.93. The molecule has 0 aliphatic rings. The highest BCUT2D eigenvalue weighted by molar-refractivity contribution is 6.59. The highest BCUT2D eigenvalue weighted by Crippen LogP contribution is 2.07. The van der Waals surface area contributed by atoms with Gasteiger partial charge in [-0.2, -0.15) is 0 Å². The maximum atomic E-state index is 11.7. The summed E-state index contributed by atoms with van der Waals surface area (Å²) in [6.45, 7) is 0.921.